The average molecular weight is 283 g/mol. The van der Waals surface area contributed by atoms with E-state index in [4.69, 9.17) is 12.2 Å². The highest BCUT2D eigenvalue weighted by atomic mass is 32.1. The van der Waals surface area contributed by atoms with Crippen LogP contribution in [0.5, 0.6) is 0 Å². The molecule has 0 saturated carbocycles. The lowest BCUT2D eigenvalue weighted by Gasteiger charge is -2.23. The van der Waals surface area contributed by atoms with Crippen LogP contribution in [0.3, 0.4) is 0 Å². The van der Waals surface area contributed by atoms with Crippen LogP contribution < -0.4 is 0 Å². The van der Waals surface area contributed by atoms with Crippen molar-refractivity contribution in [2.75, 3.05) is 0 Å². The van der Waals surface area contributed by atoms with Gasteiger partial charge in [0, 0.05) is 11.1 Å². The van der Waals surface area contributed by atoms with Gasteiger partial charge in [0.1, 0.15) is 0 Å². The van der Waals surface area contributed by atoms with Gasteiger partial charge in [0.25, 0.3) is 0 Å². The molecule has 2 aromatic carbocycles. The molecule has 0 spiro atoms. The number of fused-ring (bicyclic) bond motifs is 1. The number of aromatic nitrogens is 3. The van der Waals surface area contributed by atoms with E-state index in [1.54, 1.807) is 0 Å². The number of rotatable bonds is 1. The van der Waals surface area contributed by atoms with E-state index in [2.05, 4.69) is 71.9 Å². The number of hydrogen-bond acceptors (Lipinski definition) is 2. The van der Waals surface area contributed by atoms with E-state index in [1.165, 1.54) is 10.8 Å². The van der Waals surface area contributed by atoms with Crippen molar-refractivity contribution in [1.29, 1.82) is 0 Å². The second-order valence-corrected chi connectivity index (χ2v) is 6.27. The number of nitrogens with one attached hydrogen (secondary N) is 1. The van der Waals surface area contributed by atoms with Crippen LogP contribution in [0.25, 0.3) is 22.2 Å². The summed E-state index contributed by atoms with van der Waals surface area (Å²) in [6.45, 7) is 6.40. The molecular weight excluding hydrogens is 266 g/mol. The molecule has 0 aliphatic heterocycles. The minimum absolute atomic E-state index is 0.115. The van der Waals surface area contributed by atoms with Gasteiger partial charge in [-0.15, -0.1) is 0 Å². The molecule has 3 nitrogen and oxygen atoms in total. The summed E-state index contributed by atoms with van der Waals surface area (Å²) < 4.78 is 2.73. The van der Waals surface area contributed by atoms with Gasteiger partial charge in [-0.25, -0.2) is 0 Å². The van der Waals surface area contributed by atoms with Crippen molar-refractivity contribution in [3.63, 3.8) is 0 Å². The minimum atomic E-state index is -0.115. The average Bonchev–Trinajstić information content (AvgIpc) is 2.80. The first-order valence-corrected chi connectivity index (χ1v) is 7.05. The Morgan fingerprint density at radius 3 is 2.50 bits per heavy atom. The van der Waals surface area contributed by atoms with Crippen molar-refractivity contribution in [3.8, 4) is 11.4 Å². The van der Waals surface area contributed by atoms with Crippen LogP contribution in [0.4, 0.5) is 0 Å². The zero-order valence-corrected chi connectivity index (χ0v) is 12.7. The first-order valence-electron chi connectivity index (χ1n) is 6.64. The van der Waals surface area contributed by atoms with E-state index in [9.17, 15) is 0 Å². The number of nitrogens with zero attached hydrogens (tertiary/aromatic N) is 2. The summed E-state index contributed by atoms with van der Waals surface area (Å²) in [6, 6.07) is 14.6. The van der Waals surface area contributed by atoms with Gasteiger partial charge in [0.05, 0.1) is 0 Å². The fourth-order valence-electron chi connectivity index (χ4n) is 2.52. The third-order valence-corrected chi connectivity index (χ3v) is 3.65. The number of benzene rings is 2. The van der Waals surface area contributed by atoms with E-state index in [0.717, 1.165) is 11.4 Å². The second-order valence-electron chi connectivity index (χ2n) is 5.89. The van der Waals surface area contributed by atoms with E-state index in [1.807, 2.05) is 6.07 Å². The van der Waals surface area contributed by atoms with Gasteiger partial charge >= 0.3 is 0 Å². The largest absolute Gasteiger partial charge is 0.295 e. The molecule has 3 aromatic rings. The topological polar surface area (TPSA) is 33.6 Å². The van der Waals surface area contributed by atoms with Crippen LogP contribution in [0.1, 0.15) is 20.8 Å². The quantitative estimate of drug-likeness (QED) is 0.666. The van der Waals surface area contributed by atoms with Gasteiger partial charge in [-0.2, -0.15) is 5.10 Å². The molecule has 1 N–H and O–H groups in total. The van der Waals surface area contributed by atoms with E-state index >= 15 is 0 Å². The van der Waals surface area contributed by atoms with Gasteiger partial charge in [0.2, 0.25) is 0 Å². The third kappa shape index (κ3) is 2.06. The minimum Gasteiger partial charge on any atom is -0.295 e. The van der Waals surface area contributed by atoms with E-state index in [0.29, 0.717) is 4.77 Å². The Bertz CT molecular complexity index is 816. The summed E-state index contributed by atoms with van der Waals surface area (Å²) >= 11 is 5.39. The van der Waals surface area contributed by atoms with Crippen molar-refractivity contribution >= 4 is 23.0 Å². The fourth-order valence-corrected chi connectivity index (χ4v) is 2.93. The molecule has 0 atom stereocenters. The highest BCUT2D eigenvalue weighted by Crippen LogP contribution is 2.30. The normalized spacial score (nSPS) is 11.9. The molecule has 0 radical (unpaired) electrons. The Kier molecular flexibility index (Phi) is 2.98. The molecule has 4 heteroatoms. The molecule has 0 aliphatic rings. The molecule has 3 rings (SSSR count). The molecule has 1 heterocycles. The highest BCUT2D eigenvalue weighted by molar-refractivity contribution is 7.71. The lowest BCUT2D eigenvalue weighted by Crippen LogP contribution is -2.23. The van der Waals surface area contributed by atoms with E-state index < -0.39 is 0 Å². The molecule has 0 unspecified atom stereocenters. The van der Waals surface area contributed by atoms with Crippen LogP contribution in [-0.2, 0) is 5.54 Å². The number of aromatic amines is 1. The first-order chi connectivity index (χ1) is 9.48. The van der Waals surface area contributed by atoms with Crippen LogP contribution in [0, 0.1) is 4.77 Å². The Balaban J connectivity index is 2.36. The van der Waals surface area contributed by atoms with Gasteiger partial charge in [0.15, 0.2) is 10.6 Å². The Morgan fingerprint density at radius 1 is 1.05 bits per heavy atom. The van der Waals surface area contributed by atoms with Gasteiger partial charge in [-0.05, 0) is 43.8 Å². The maximum Gasteiger partial charge on any atom is 0.195 e. The van der Waals surface area contributed by atoms with Gasteiger partial charge in [-0.1, -0.05) is 42.5 Å². The molecule has 102 valence electrons. The van der Waals surface area contributed by atoms with Crippen molar-refractivity contribution in [3.05, 3.63) is 47.2 Å². The molecule has 0 bridgehead atoms. The highest BCUT2D eigenvalue weighted by Gasteiger charge is 2.21. The second kappa shape index (κ2) is 4.56. The van der Waals surface area contributed by atoms with Crippen LogP contribution in [0.2, 0.25) is 0 Å². The summed E-state index contributed by atoms with van der Waals surface area (Å²) in [5, 5.41) is 9.77. The standard InChI is InChI=1S/C16H17N3S/c1-16(2,3)19-14(17-18-15(19)20)13-10-6-8-11-7-4-5-9-12(11)13/h4-10H,1-3H3,(H,18,20). The number of hydrogen-bond donors (Lipinski definition) is 1. The van der Waals surface area contributed by atoms with Crippen LogP contribution >= 0.6 is 12.2 Å². The third-order valence-electron chi connectivity index (χ3n) is 3.37. The monoisotopic (exact) mass is 283 g/mol. The molecule has 0 saturated heterocycles. The maximum atomic E-state index is 5.39. The lowest BCUT2D eigenvalue weighted by molar-refractivity contribution is 0.395. The fraction of sp³-hybridized carbons (Fsp3) is 0.250. The summed E-state index contributed by atoms with van der Waals surface area (Å²) in [7, 11) is 0. The van der Waals surface area contributed by atoms with Crippen molar-refractivity contribution in [2.24, 2.45) is 0 Å². The Hall–Kier alpha value is -1.94. The molecule has 1 aromatic heterocycles. The SMILES string of the molecule is CC(C)(C)n1c(-c2cccc3ccccc23)n[nH]c1=S. The lowest BCUT2D eigenvalue weighted by atomic mass is 10.0. The van der Waals surface area contributed by atoms with Crippen LogP contribution in [0.15, 0.2) is 42.5 Å². The summed E-state index contributed by atoms with van der Waals surface area (Å²) in [5.41, 5.74) is 0.987. The molecular formula is C16H17N3S. The summed E-state index contributed by atoms with van der Waals surface area (Å²) in [4.78, 5) is 0. The Morgan fingerprint density at radius 2 is 1.75 bits per heavy atom. The first kappa shape index (κ1) is 13.1. The van der Waals surface area contributed by atoms with E-state index in [-0.39, 0.29) is 5.54 Å². The predicted molar refractivity (Wildman–Crippen MR) is 85.3 cm³/mol. The zero-order chi connectivity index (χ0) is 14.3. The van der Waals surface area contributed by atoms with Gasteiger partial charge in [-0.3, -0.25) is 9.67 Å². The predicted octanol–water partition coefficient (Wildman–Crippen LogP) is 4.52. The maximum absolute atomic E-state index is 5.39. The molecule has 0 aliphatic carbocycles. The summed E-state index contributed by atoms with van der Waals surface area (Å²) in [5.74, 6) is 0.888. The molecule has 0 fully saturated rings. The zero-order valence-electron chi connectivity index (χ0n) is 11.8. The molecule has 20 heavy (non-hydrogen) atoms. The van der Waals surface area contributed by atoms with Gasteiger partial charge < -0.3 is 0 Å². The Labute approximate surface area is 123 Å². The number of H-pyrrole nitrogens is 1. The van der Waals surface area contributed by atoms with Crippen LogP contribution in [-0.4, -0.2) is 14.8 Å². The summed E-state index contributed by atoms with van der Waals surface area (Å²) in [6.07, 6.45) is 0. The smallest absolute Gasteiger partial charge is 0.195 e. The van der Waals surface area contributed by atoms with Crippen molar-refractivity contribution < 1.29 is 0 Å². The molecule has 0 amide bonds. The van der Waals surface area contributed by atoms with Crippen molar-refractivity contribution in [1.82, 2.24) is 14.8 Å². The van der Waals surface area contributed by atoms with Crippen molar-refractivity contribution in [2.45, 2.75) is 26.3 Å².